The molecule has 1 fully saturated rings. The Bertz CT molecular complexity index is 899. The van der Waals surface area contributed by atoms with Crippen molar-refractivity contribution in [3.63, 3.8) is 0 Å². The van der Waals surface area contributed by atoms with E-state index in [0.29, 0.717) is 31.4 Å². The summed E-state index contributed by atoms with van der Waals surface area (Å²) < 4.78 is 48.7. The zero-order chi connectivity index (χ0) is 20.2. The molecule has 0 radical (unpaired) electrons. The normalized spacial score (nSPS) is 17.9. The Kier molecular flexibility index (Phi) is 5.96. The molecule has 0 spiro atoms. The summed E-state index contributed by atoms with van der Waals surface area (Å²) in [6.45, 7) is 2.47. The molecule has 2 aromatic rings. The summed E-state index contributed by atoms with van der Waals surface area (Å²) in [4.78, 5) is 1.97. The number of halogens is 2. The van der Waals surface area contributed by atoms with Gasteiger partial charge in [0.05, 0.1) is 6.61 Å². The minimum atomic E-state index is -0.611. The molecule has 1 N–H and O–H groups in total. The summed E-state index contributed by atoms with van der Waals surface area (Å²) in [5.74, 6) is 0.168. The lowest BCUT2D eigenvalue weighted by Gasteiger charge is -2.34. The van der Waals surface area contributed by atoms with Gasteiger partial charge in [0.1, 0.15) is 18.5 Å². The van der Waals surface area contributed by atoms with Crippen LogP contribution in [0.5, 0.6) is 17.2 Å². The Labute approximate surface area is 172 Å². The molecule has 2 aromatic carbocycles. The van der Waals surface area contributed by atoms with Gasteiger partial charge in [0.25, 0.3) is 0 Å². The molecule has 0 aromatic heterocycles. The van der Waals surface area contributed by atoms with E-state index in [2.05, 4.69) is 5.32 Å². The molecule has 1 unspecified atom stereocenters. The van der Waals surface area contributed by atoms with Crippen molar-refractivity contribution in [3.05, 3.63) is 53.6 Å². The number of thiocarbonyl (C=S) groups is 1. The first kappa shape index (κ1) is 19.7. The van der Waals surface area contributed by atoms with E-state index in [1.54, 1.807) is 0 Å². The van der Waals surface area contributed by atoms with E-state index in [9.17, 15) is 8.78 Å². The van der Waals surface area contributed by atoms with Gasteiger partial charge in [-0.2, -0.15) is 0 Å². The number of morpholine rings is 1. The molecule has 0 aliphatic carbocycles. The van der Waals surface area contributed by atoms with Gasteiger partial charge < -0.3 is 29.2 Å². The minimum absolute atomic E-state index is 0.0989. The van der Waals surface area contributed by atoms with Crippen LogP contribution in [-0.2, 0) is 11.3 Å². The van der Waals surface area contributed by atoms with Crippen molar-refractivity contribution < 1.29 is 27.7 Å². The van der Waals surface area contributed by atoms with Gasteiger partial charge in [0.2, 0.25) is 6.79 Å². The van der Waals surface area contributed by atoms with E-state index in [4.69, 9.17) is 31.2 Å². The Morgan fingerprint density at radius 3 is 2.93 bits per heavy atom. The fraction of sp³-hybridized carbons (Fsp3) is 0.350. The van der Waals surface area contributed by atoms with Crippen LogP contribution in [0, 0.1) is 11.6 Å². The van der Waals surface area contributed by atoms with Crippen molar-refractivity contribution in [1.82, 2.24) is 10.2 Å². The zero-order valence-electron chi connectivity index (χ0n) is 15.5. The monoisotopic (exact) mass is 422 g/mol. The van der Waals surface area contributed by atoms with Crippen LogP contribution in [0.15, 0.2) is 36.4 Å². The second kappa shape index (κ2) is 8.79. The third-order valence-corrected chi connectivity index (χ3v) is 5.03. The molecular formula is C20H20F2N2O4S. The number of nitrogens with one attached hydrogen (secondary N) is 1. The van der Waals surface area contributed by atoms with Gasteiger partial charge in [-0.15, -0.1) is 0 Å². The molecule has 4 rings (SSSR count). The average Bonchev–Trinajstić information content (AvgIpc) is 3.21. The molecule has 0 amide bonds. The number of hydrogen-bond acceptors (Lipinski definition) is 5. The first-order chi connectivity index (χ1) is 14.1. The lowest BCUT2D eigenvalue weighted by molar-refractivity contribution is -0.0294. The van der Waals surface area contributed by atoms with Gasteiger partial charge in [0.15, 0.2) is 28.2 Å². The summed E-state index contributed by atoms with van der Waals surface area (Å²) in [5.41, 5.74) is 1.02. The number of hydrogen-bond donors (Lipinski definition) is 1. The van der Waals surface area contributed by atoms with E-state index in [-0.39, 0.29) is 25.3 Å². The third-order valence-electron chi connectivity index (χ3n) is 4.62. The Morgan fingerprint density at radius 2 is 2.03 bits per heavy atom. The summed E-state index contributed by atoms with van der Waals surface area (Å²) in [7, 11) is 0. The Balaban J connectivity index is 1.27. The number of nitrogens with zero attached hydrogens (tertiary/aromatic N) is 1. The number of ether oxygens (including phenoxy) is 4. The van der Waals surface area contributed by atoms with Gasteiger partial charge >= 0.3 is 0 Å². The quantitative estimate of drug-likeness (QED) is 0.744. The second-order valence-corrected chi connectivity index (χ2v) is 7.06. The van der Waals surface area contributed by atoms with Gasteiger partial charge in [-0.3, -0.25) is 0 Å². The molecular weight excluding hydrogens is 402 g/mol. The van der Waals surface area contributed by atoms with Crippen molar-refractivity contribution in [2.45, 2.75) is 12.6 Å². The molecule has 1 atom stereocenters. The topological polar surface area (TPSA) is 52.2 Å². The lowest BCUT2D eigenvalue weighted by Crippen LogP contribution is -2.50. The standard InChI is InChI=1S/C20H20F2N2O4S/c21-14-2-3-16(22)18(8-14)26-11-15-10-24(5-6-25-15)20(29)23-9-13-1-4-17-19(7-13)28-12-27-17/h1-4,7-8,15H,5-6,9-12H2,(H,23,29). The van der Waals surface area contributed by atoms with E-state index in [1.807, 2.05) is 23.1 Å². The molecule has 9 heteroatoms. The third kappa shape index (κ3) is 4.86. The summed E-state index contributed by atoms with van der Waals surface area (Å²) in [6, 6.07) is 8.84. The molecule has 0 saturated carbocycles. The van der Waals surface area contributed by atoms with E-state index < -0.39 is 11.6 Å². The fourth-order valence-corrected chi connectivity index (χ4v) is 3.35. The van der Waals surface area contributed by atoms with Crippen LogP contribution in [0.4, 0.5) is 8.78 Å². The first-order valence-corrected chi connectivity index (χ1v) is 9.60. The Hall–Kier alpha value is -2.65. The highest BCUT2D eigenvalue weighted by Crippen LogP contribution is 2.32. The van der Waals surface area contributed by atoms with Crippen LogP contribution < -0.4 is 19.5 Å². The minimum Gasteiger partial charge on any atom is -0.488 e. The highest BCUT2D eigenvalue weighted by atomic mass is 32.1. The average molecular weight is 422 g/mol. The maximum atomic E-state index is 13.7. The van der Waals surface area contributed by atoms with Gasteiger partial charge in [-0.1, -0.05) is 6.07 Å². The largest absolute Gasteiger partial charge is 0.488 e. The number of fused-ring (bicyclic) bond motifs is 1. The highest BCUT2D eigenvalue weighted by Gasteiger charge is 2.23. The van der Waals surface area contributed by atoms with Crippen LogP contribution >= 0.6 is 12.2 Å². The van der Waals surface area contributed by atoms with E-state index in [1.165, 1.54) is 0 Å². The predicted octanol–water partition coefficient (Wildman–Crippen LogP) is 2.85. The first-order valence-electron chi connectivity index (χ1n) is 9.19. The van der Waals surface area contributed by atoms with Crippen molar-refractivity contribution >= 4 is 17.3 Å². The smallest absolute Gasteiger partial charge is 0.231 e. The maximum Gasteiger partial charge on any atom is 0.231 e. The molecule has 29 heavy (non-hydrogen) atoms. The number of benzene rings is 2. The van der Waals surface area contributed by atoms with Crippen LogP contribution in [0.3, 0.4) is 0 Å². The fourth-order valence-electron chi connectivity index (χ4n) is 3.12. The zero-order valence-corrected chi connectivity index (χ0v) is 16.3. The lowest BCUT2D eigenvalue weighted by atomic mass is 10.2. The molecule has 1 saturated heterocycles. The summed E-state index contributed by atoms with van der Waals surface area (Å²) in [5, 5.41) is 3.82. The van der Waals surface area contributed by atoms with Crippen molar-refractivity contribution in [1.29, 1.82) is 0 Å². The molecule has 2 aliphatic rings. The van der Waals surface area contributed by atoms with Crippen LogP contribution in [0.2, 0.25) is 0 Å². The van der Waals surface area contributed by atoms with E-state index >= 15 is 0 Å². The van der Waals surface area contributed by atoms with Gasteiger partial charge in [0, 0.05) is 25.7 Å². The maximum absolute atomic E-state index is 13.7. The molecule has 154 valence electrons. The van der Waals surface area contributed by atoms with E-state index in [0.717, 1.165) is 35.3 Å². The highest BCUT2D eigenvalue weighted by molar-refractivity contribution is 7.80. The van der Waals surface area contributed by atoms with Gasteiger partial charge in [-0.25, -0.2) is 8.78 Å². The number of rotatable bonds is 5. The van der Waals surface area contributed by atoms with Crippen LogP contribution in [-0.4, -0.2) is 49.2 Å². The van der Waals surface area contributed by atoms with Crippen LogP contribution in [0.1, 0.15) is 5.56 Å². The van der Waals surface area contributed by atoms with Crippen molar-refractivity contribution in [2.24, 2.45) is 0 Å². The van der Waals surface area contributed by atoms with Crippen molar-refractivity contribution in [3.8, 4) is 17.2 Å². The SMILES string of the molecule is Fc1ccc(F)c(OCC2CN(C(=S)NCc3ccc4c(c3)OCO4)CCO2)c1. The molecule has 2 heterocycles. The second-order valence-electron chi connectivity index (χ2n) is 6.67. The predicted molar refractivity (Wildman–Crippen MR) is 105 cm³/mol. The van der Waals surface area contributed by atoms with Crippen LogP contribution in [0.25, 0.3) is 0 Å². The summed E-state index contributed by atoms with van der Waals surface area (Å²) >= 11 is 5.49. The molecule has 2 aliphatic heterocycles. The van der Waals surface area contributed by atoms with Gasteiger partial charge in [-0.05, 0) is 42.0 Å². The molecule has 6 nitrogen and oxygen atoms in total. The Morgan fingerprint density at radius 1 is 1.17 bits per heavy atom. The molecule has 0 bridgehead atoms. The summed E-state index contributed by atoms with van der Waals surface area (Å²) in [6.07, 6.45) is -0.309. The van der Waals surface area contributed by atoms with Crippen molar-refractivity contribution in [2.75, 3.05) is 33.1 Å².